The number of nitrogens with two attached hydrogens (primary N) is 1. The molecule has 0 aliphatic rings. The zero-order valence-electron chi connectivity index (χ0n) is 6.92. The van der Waals surface area contributed by atoms with Gasteiger partial charge in [0.15, 0.2) is 0 Å². The molecule has 0 fully saturated rings. The van der Waals surface area contributed by atoms with E-state index in [1.807, 2.05) is 30.3 Å². The highest BCUT2D eigenvalue weighted by atomic mass is 79.9. The molecule has 0 unspecified atom stereocenters. The average Bonchev–Trinajstić information content (AvgIpc) is 2.53. The summed E-state index contributed by atoms with van der Waals surface area (Å²) in [6.45, 7) is 0. The molecule has 1 heterocycles. The van der Waals surface area contributed by atoms with E-state index in [-0.39, 0.29) is 0 Å². The molecule has 1 aromatic heterocycles. The van der Waals surface area contributed by atoms with Crippen LogP contribution in [0.5, 0.6) is 0 Å². The Morgan fingerprint density at radius 3 is 2.62 bits per heavy atom. The van der Waals surface area contributed by atoms with E-state index in [0.29, 0.717) is 0 Å². The van der Waals surface area contributed by atoms with Crippen molar-refractivity contribution >= 4 is 21.6 Å². The number of anilines is 1. The summed E-state index contributed by atoms with van der Waals surface area (Å²) >= 11 is 3.48. The summed E-state index contributed by atoms with van der Waals surface area (Å²) in [5.41, 5.74) is 8.53. The highest BCUT2D eigenvalue weighted by Gasteiger charge is 2.02. The molecule has 0 bridgehead atoms. The number of halogens is 1. The molecule has 0 aliphatic heterocycles. The van der Waals surface area contributed by atoms with E-state index in [4.69, 9.17) is 5.73 Å². The molecule has 0 atom stereocenters. The fourth-order valence-corrected chi connectivity index (χ4v) is 1.74. The minimum absolute atomic E-state index is 0.755. The number of nitrogens with one attached hydrogen (secondary N) is 1. The summed E-state index contributed by atoms with van der Waals surface area (Å²) in [5.74, 6) is 0. The van der Waals surface area contributed by atoms with Gasteiger partial charge in [0.2, 0.25) is 0 Å². The monoisotopic (exact) mass is 236 g/mol. The van der Waals surface area contributed by atoms with Gasteiger partial charge in [-0.25, -0.2) is 0 Å². The van der Waals surface area contributed by atoms with Crippen molar-refractivity contribution in [2.24, 2.45) is 0 Å². The second-order valence-corrected chi connectivity index (χ2v) is 3.68. The third-order valence-corrected chi connectivity index (χ3v) is 2.56. The van der Waals surface area contributed by atoms with E-state index < -0.39 is 0 Å². The van der Waals surface area contributed by atoms with Gasteiger partial charge in [0, 0.05) is 27.6 Å². The van der Waals surface area contributed by atoms with Crippen LogP contribution >= 0.6 is 15.9 Å². The maximum atomic E-state index is 5.62. The Hall–Kier alpha value is -1.22. The first-order chi connectivity index (χ1) is 6.27. The lowest BCUT2D eigenvalue weighted by molar-refractivity contribution is 1.39. The second kappa shape index (κ2) is 3.26. The minimum Gasteiger partial charge on any atom is -0.397 e. The average molecular weight is 237 g/mol. The highest BCUT2D eigenvalue weighted by Crippen LogP contribution is 2.27. The van der Waals surface area contributed by atoms with Gasteiger partial charge in [0.25, 0.3) is 0 Å². The van der Waals surface area contributed by atoms with E-state index in [0.717, 1.165) is 21.4 Å². The molecule has 0 saturated carbocycles. The van der Waals surface area contributed by atoms with Crippen LogP contribution in [0, 0.1) is 0 Å². The number of benzene rings is 1. The van der Waals surface area contributed by atoms with Crippen molar-refractivity contribution < 1.29 is 0 Å². The molecule has 2 rings (SSSR count). The zero-order chi connectivity index (χ0) is 9.26. The summed E-state index contributed by atoms with van der Waals surface area (Å²) in [6.07, 6.45) is 1.79. The molecular formula is C10H9BrN2. The van der Waals surface area contributed by atoms with Gasteiger partial charge in [-0.05, 0) is 12.1 Å². The summed E-state index contributed by atoms with van der Waals surface area (Å²) in [6, 6.07) is 9.94. The maximum absolute atomic E-state index is 5.62. The van der Waals surface area contributed by atoms with Crippen LogP contribution in [0.1, 0.15) is 0 Å². The number of hydrogen-bond acceptors (Lipinski definition) is 1. The van der Waals surface area contributed by atoms with Gasteiger partial charge in [-0.15, -0.1) is 0 Å². The zero-order valence-corrected chi connectivity index (χ0v) is 8.51. The lowest BCUT2D eigenvalue weighted by Gasteiger charge is -1.99. The molecule has 66 valence electrons. The van der Waals surface area contributed by atoms with Crippen LogP contribution in [0.15, 0.2) is 41.0 Å². The van der Waals surface area contributed by atoms with Crippen molar-refractivity contribution in [2.75, 3.05) is 5.73 Å². The van der Waals surface area contributed by atoms with Crippen molar-refractivity contribution in [3.8, 4) is 11.3 Å². The van der Waals surface area contributed by atoms with E-state index in [1.165, 1.54) is 0 Å². The number of H-pyrrole nitrogens is 1. The van der Waals surface area contributed by atoms with Gasteiger partial charge >= 0.3 is 0 Å². The first-order valence-electron chi connectivity index (χ1n) is 3.96. The summed E-state index contributed by atoms with van der Waals surface area (Å²) in [7, 11) is 0. The maximum Gasteiger partial charge on any atom is 0.0498 e. The van der Waals surface area contributed by atoms with E-state index in [1.54, 1.807) is 6.20 Å². The van der Waals surface area contributed by atoms with Crippen LogP contribution in [0.2, 0.25) is 0 Å². The fourth-order valence-electron chi connectivity index (χ4n) is 1.25. The van der Waals surface area contributed by atoms with E-state index in [2.05, 4.69) is 20.9 Å². The standard InChI is InChI=1S/C10H9BrN2/c11-9-4-2-1-3-8(9)10-5-7(12)6-13-10/h1-6,13H,12H2. The van der Waals surface area contributed by atoms with Crippen LogP contribution in [0.3, 0.4) is 0 Å². The third-order valence-electron chi connectivity index (χ3n) is 1.87. The van der Waals surface area contributed by atoms with Crippen LogP contribution in [0.4, 0.5) is 5.69 Å². The minimum atomic E-state index is 0.755. The summed E-state index contributed by atoms with van der Waals surface area (Å²) < 4.78 is 1.07. The van der Waals surface area contributed by atoms with Crippen LogP contribution in [-0.2, 0) is 0 Å². The Morgan fingerprint density at radius 2 is 2.00 bits per heavy atom. The summed E-state index contributed by atoms with van der Waals surface area (Å²) in [4.78, 5) is 3.11. The Balaban J connectivity index is 2.52. The van der Waals surface area contributed by atoms with Crippen molar-refractivity contribution in [1.82, 2.24) is 4.98 Å². The molecule has 2 nitrogen and oxygen atoms in total. The number of nitrogen functional groups attached to an aromatic ring is 1. The molecular weight excluding hydrogens is 228 g/mol. The topological polar surface area (TPSA) is 41.8 Å². The Morgan fingerprint density at radius 1 is 1.23 bits per heavy atom. The molecule has 0 saturated heterocycles. The molecule has 0 spiro atoms. The number of hydrogen-bond donors (Lipinski definition) is 2. The predicted molar refractivity (Wildman–Crippen MR) is 58.3 cm³/mol. The molecule has 13 heavy (non-hydrogen) atoms. The molecule has 1 aromatic carbocycles. The SMILES string of the molecule is Nc1c[nH]c(-c2ccccc2Br)c1. The number of aromatic nitrogens is 1. The van der Waals surface area contributed by atoms with Crippen LogP contribution in [-0.4, -0.2) is 4.98 Å². The predicted octanol–water partition coefficient (Wildman–Crippen LogP) is 3.03. The summed E-state index contributed by atoms with van der Waals surface area (Å²) in [5, 5.41) is 0. The lowest BCUT2D eigenvalue weighted by Crippen LogP contribution is -1.78. The fraction of sp³-hybridized carbons (Fsp3) is 0. The molecule has 3 heteroatoms. The molecule has 3 N–H and O–H groups in total. The van der Waals surface area contributed by atoms with Gasteiger partial charge in [0.1, 0.15) is 0 Å². The third kappa shape index (κ3) is 1.60. The first kappa shape index (κ1) is 8.38. The van der Waals surface area contributed by atoms with Crippen molar-refractivity contribution in [1.29, 1.82) is 0 Å². The van der Waals surface area contributed by atoms with E-state index in [9.17, 15) is 0 Å². The Labute approximate surface area is 84.9 Å². The molecule has 0 radical (unpaired) electrons. The smallest absolute Gasteiger partial charge is 0.0498 e. The van der Waals surface area contributed by atoms with E-state index >= 15 is 0 Å². The van der Waals surface area contributed by atoms with Gasteiger partial charge in [-0.1, -0.05) is 34.1 Å². The molecule has 0 amide bonds. The highest BCUT2D eigenvalue weighted by molar-refractivity contribution is 9.10. The second-order valence-electron chi connectivity index (χ2n) is 2.83. The van der Waals surface area contributed by atoms with Crippen molar-refractivity contribution in [3.63, 3.8) is 0 Å². The normalized spacial score (nSPS) is 10.2. The van der Waals surface area contributed by atoms with Gasteiger partial charge < -0.3 is 10.7 Å². The Bertz CT molecular complexity index is 420. The van der Waals surface area contributed by atoms with Gasteiger partial charge in [-0.2, -0.15) is 0 Å². The first-order valence-corrected chi connectivity index (χ1v) is 4.75. The lowest BCUT2D eigenvalue weighted by atomic mass is 10.1. The molecule has 0 aliphatic carbocycles. The quantitative estimate of drug-likeness (QED) is 0.786. The van der Waals surface area contributed by atoms with Crippen LogP contribution < -0.4 is 5.73 Å². The van der Waals surface area contributed by atoms with Crippen molar-refractivity contribution in [2.45, 2.75) is 0 Å². The Kier molecular flexibility index (Phi) is 2.10. The van der Waals surface area contributed by atoms with Gasteiger partial charge in [0.05, 0.1) is 0 Å². The van der Waals surface area contributed by atoms with Crippen LogP contribution in [0.25, 0.3) is 11.3 Å². The number of rotatable bonds is 1. The van der Waals surface area contributed by atoms with Gasteiger partial charge in [-0.3, -0.25) is 0 Å². The molecule has 2 aromatic rings. The largest absolute Gasteiger partial charge is 0.397 e. The number of aromatic amines is 1. The van der Waals surface area contributed by atoms with Crippen molar-refractivity contribution in [3.05, 3.63) is 41.0 Å².